The SMILES string of the molecule is CC(C)(C)c1ccnc(-c2[c-]ccc3c2oc2cc(Cc4ccccc4)ccc23)c1.CC(C)c1ccnc(-c2[c-]ccc3c2oc2cccc(Cc4ccccc4)c23)c1.C[Si](C)(C)c1ccc(-c2[c-]cccc2)nc1.Cc1cnc(-c2[c-]cccc2)cc1-c1ccccc1.Cc1cnc(-c2[c-]cccc2)cc1CC1CCCCC1.[Ir].[Ir].[Ir].[c-]1cc(Cc2ccncc2)c2c(oc3ccccc32)c1-c1cc(CC2CCCC2)ccn1. The van der Waals surface area contributed by atoms with Crippen LogP contribution in [-0.4, -0.2) is 43.0 Å². The van der Waals surface area contributed by atoms with Crippen LogP contribution in [0.1, 0.15) is 165 Å². The normalized spacial score (nSPS) is 12.5. The van der Waals surface area contributed by atoms with Gasteiger partial charge in [-0.3, -0.25) is 4.98 Å². The molecule has 22 aromatic rings. The first-order valence-corrected chi connectivity index (χ1v) is 55.0. The molecule has 2 aliphatic rings. The second-order valence-electron chi connectivity index (χ2n) is 41.0. The largest absolute Gasteiger partial charge is 0.501 e. The molecule has 14 heteroatoms. The van der Waals surface area contributed by atoms with Crippen molar-refractivity contribution in [2.75, 3.05) is 0 Å². The number of para-hydroxylation sites is 1. The maximum atomic E-state index is 6.41. The monoisotopic (exact) mass is 2500 g/mol. The molecule has 0 N–H and O–H groups in total. The molecule has 0 aliphatic heterocycles. The number of aryl methyl sites for hydroxylation is 2. The fourth-order valence-corrected chi connectivity index (χ4v) is 21.0. The van der Waals surface area contributed by atoms with E-state index in [0.29, 0.717) is 5.92 Å². The van der Waals surface area contributed by atoms with Crippen molar-refractivity contribution in [3.63, 3.8) is 0 Å². The molecule has 0 atom stereocenters. The molecule has 2 aliphatic carbocycles. The minimum atomic E-state index is -1.23. The molecular weight excluding hydrogens is 2370 g/mol. The van der Waals surface area contributed by atoms with Crippen molar-refractivity contribution in [1.82, 2.24) is 34.9 Å². The Morgan fingerprint density at radius 2 is 0.866 bits per heavy atom. The molecule has 2 fully saturated rings. The van der Waals surface area contributed by atoms with Crippen LogP contribution in [0.2, 0.25) is 19.6 Å². The standard InChI is InChI=1S/C29H25N2O.C28H24NO.C27H22NO.C19H22N.C18H14N.C14H16NSi.3Ir/c1-2-6-20(5-1)17-22-13-16-31-26(19-22)24-10-9-23(18-21-11-14-30-15-12-21)28-25-7-3-4-8-27(25)32-29(24)28;1-28(2,3)21-14-15-29-25(18-21)24-11-7-10-23-22-13-12-20(17-26(22)30-27(23)24)16-19-8-5-4-6-9-19;1-18(2)20-14-15-28-24(17-20)22-11-7-12-23-26-21(16-19-8-4-3-5-9-19)10-6-13-25(26)29-27(22)23;1-15-14-20-19(17-10-6-3-7-11-17)13-18(15)12-16-8-4-2-5-9-16;1-14-13-19-18(16-10-6-3-7-11-16)12-17(14)15-8-4-2-5-9-15;1-16(2,3)13-9-10-14(15-11-13)12-7-5-4-6-8-12;;;/h3-4,7-9,11-16,19-20H,1-2,5-6,17-18H2;4-10,12-15,17-18H,16H2,1-3H3;3-10,12-15,17-18H,16H2,1-2H3;3,6-7,10,13-14,16H,2,4-5,8-9,12H2,1H3;2-10,12-13H,1H3;4-7,9-11H,1-3H3;;;/q6*-1;;;. The molecule has 10 nitrogen and oxygen atoms in total. The quantitative estimate of drug-likeness (QED) is 0.0570. The summed E-state index contributed by atoms with van der Waals surface area (Å²) in [6.45, 7) is 22.3. The predicted octanol–water partition coefficient (Wildman–Crippen LogP) is 34.3. The van der Waals surface area contributed by atoms with Crippen LogP contribution in [0, 0.1) is 62.1 Å². The van der Waals surface area contributed by atoms with Crippen molar-refractivity contribution < 1.29 is 73.6 Å². The van der Waals surface area contributed by atoms with E-state index in [1.54, 1.807) is 0 Å². The molecule has 2 saturated carbocycles. The Morgan fingerprint density at radius 1 is 0.342 bits per heavy atom. The zero-order chi connectivity index (χ0) is 100. The van der Waals surface area contributed by atoms with Crippen LogP contribution in [0.3, 0.4) is 0 Å². The molecule has 0 saturated heterocycles. The number of aromatic nitrogens is 7. The van der Waals surface area contributed by atoms with Gasteiger partial charge in [0.05, 0.1) is 24.8 Å². The third-order valence-corrected chi connectivity index (χ3v) is 30.1. The summed E-state index contributed by atoms with van der Waals surface area (Å²) in [5.74, 6) is 2.13. The Labute approximate surface area is 919 Å². The van der Waals surface area contributed by atoms with E-state index in [9.17, 15) is 0 Å². The maximum Gasteiger partial charge on any atom is 0.121 e. The molecule has 149 heavy (non-hydrogen) atoms. The Kier molecular flexibility index (Phi) is 36.9. The molecule has 0 bridgehead atoms. The number of hydrogen-bond donors (Lipinski definition) is 0. The summed E-state index contributed by atoms with van der Waals surface area (Å²) >= 11 is 0. The summed E-state index contributed by atoms with van der Waals surface area (Å²) in [6, 6.07) is 132. The van der Waals surface area contributed by atoms with Gasteiger partial charge in [-0.25, -0.2) is 0 Å². The van der Waals surface area contributed by atoms with Gasteiger partial charge in [0.25, 0.3) is 0 Å². The fraction of sp³-hybridized carbons (Fsp3) is 0.207. The van der Waals surface area contributed by atoms with Crippen molar-refractivity contribution in [3.8, 4) is 78.7 Å². The van der Waals surface area contributed by atoms with Gasteiger partial charge in [-0.1, -0.05) is 338 Å². The van der Waals surface area contributed by atoms with E-state index in [-0.39, 0.29) is 65.7 Å². The van der Waals surface area contributed by atoms with Crippen LogP contribution in [0.15, 0.2) is 390 Å². The van der Waals surface area contributed by atoms with Crippen LogP contribution in [-0.2, 0) is 97.8 Å². The molecule has 0 unspecified atom stereocenters. The Balaban J connectivity index is 0.000000129. The van der Waals surface area contributed by atoms with Gasteiger partial charge in [0.2, 0.25) is 0 Å². The van der Waals surface area contributed by atoms with Crippen LogP contribution in [0.4, 0.5) is 0 Å². The summed E-state index contributed by atoms with van der Waals surface area (Å²) in [5, 5.41) is 8.24. The predicted molar refractivity (Wildman–Crippen MR) is 605 cm³/mol. The average molecular weight is 2500 g/mol. The molecule has 10 aromatic heterocycles. The number of hydrogen-bond acceptors (Lipinski definition) is 10. The van der Waals surface area contributed by atoms with Crippen LogP contribution in [0.5, 0.6) is 0 Å². The molecule has 3 radical (unpaired) electrons. The van der Waals surface area contributed by atoms with E-state index >= 15 is 0 Å². The summed E-state index contributed by atoms with van der Waals surface area (Å²) in [7, 11) is -1.23. The van der Waals surface area contributed by atoms with Crippen molar-refractivity contribution in [1.29, 1.82) is 0 Å². The number of fused-ring (bicyclic) bond motifs is 9. The smallest absolute Gasteiger partial charge is 0.121 e. The Hall–Kier alpha value is -13.7. The number of nitrogens with zero attached hydrogens (tertiary/aromatic N) is 7. The number of rotatable bonds is 19. The summed E-state index contributed by atoms with van der Waals surface area (Å²) in [6.07, 6.45) is 32.8. The van der Waals surface area contributed by atoms with Crippen LogP contribution >= 0.6 is 0 Å². The van der Waals surface area contributed by atoms with E-state index in [0.717, 1.165) is 165 Å². The zero-order valence-electron chi connectivity index (χ0n) is 86.3. The second-order valence-corrected chi connectivity index (χ2v) is 46.1. The molecule has 12 aromatic carbocycles. The van der Waals surface area contributed by atoms with E-state index < -0.39 is 8.07 Å². The van der Waals surface area contributed by atoms with Crippen molar-refractivity contribution in [3.05, 3.63) is 480 Å². The van der Waals surface area contributed by atoms with Crippen molar-refractivity contribution in [2.24, 2.45) is 11.8 Å². The summed E-state index contributed by atoms with van der Waals surface area (Å²) in [5.41, 5.74) is 35.0. The minimum Gasteiger partial charge on any atom is -0.501 e. The second kappa shape index (κ2) is 51.0. The van der Waals surface area contributed by atoms with Crippen molar-refractivity contribution in [2.45, 2.75) is 169 Å². The van der Waals surface area contributed by atoms with Gasteiger partial charge in [-0.15, -0.1) is 162 Å². The van der Waals surface area contributed by atoms with Gasteiger partial charge in [0.1, 0.15) is 16.7 Å². The first-order chi connectivity index (χ1) is 71.3. The number of benzene rings is 12. The molecular formula is C135H123Ir3N7O3Si-6. The van der Waals surface area contributed by atoms with E-state index in [2.05, 4.69) is 353 Å². The van der Waals surface area contributed by atoms with Gasteiger partial charge >= 0.3 is 0 Å². The molecule has 0 spiro atoms. The van der Waals surface area contributed by atoms with Gasteiger partial charge in [-0.2, -0.15) is 0 Å². The first-order valence-electron chi connectivity index (χ1n) is 51.5. The van der Waals surface area contributed by atoms with E-state index in [1.165, 1.54) is 153 Å². The Morgan fingerprint density at radius 3 is 1.50 bits per heavy atom. The van der Waals surface area contributed by atoms with Gasteiger partial charge in [0.15, 0.2) is 0 Å². The van der Waals surface area contributed by atoms with E-state index in [4.69, 9.17) is 18.2 Å². The zero-order valence-corrected chi connectivity index (χ0v) is 94.5. The topological polar surface area (TPSA) is 130 Å². The molecule has 24 rings (SSSR count). The number of pyridine rings is 7. The maximum absolute atomic E-state index is 6.41. The Bertz CT molecular complexity index is 8130. The van der Waals surface area contributed by atoms with Crippen molar-refractivity contribution >= 4 is 79.1 Å². The summed E-state index contributed by atoms with van der Waals surface area (Å²) < 4.78 is 19.1. The fourth-order valence-electron chi connectivity index (χ4n) is 20.0. The van der Waals surface area contributed by atoms with E-state index in [1.807, 2.05) is 159 Å². The number of furan rings is 3. The average Bonchev–Trinajstić information content (AvgIpc) is 1.62. The van der Waals surface area contributed by atoms with Crippen LogP contribution < -0.4 is 5.19 Å². The third-order valence-electron chi connectivity index (χ3n) is 28.1. The van der Waals surface area contributed by atoms with Gasteiger partial charge in [0, 0.05) is 126 Å². The third kappa shape index (κ3) is 27.1. The summed E-state index contributed by atoms with van der Waals surface area (Å²) in [4.78, 5) is 31.7. The first kappa shape index (κ1) is 108. The molecule has 10 heterocycles. The van der Waals surface area contributed by atoms with Gasteiger partial charge < -0.3 is 43.2 Å². The molecule has 0 amide bonds. The van der Waals surface area contributed by atoms with Gasteiger partial charge in [-0.05, 0) is 213 Å². The van der Waals surface area contributed by atoms with Crippen LogP contribution in [0.25, 0.3) is 144 Å². The minimum absolute atomic E-state index is 0. The molecule has 753 valence electrons.